The van der Waals surface area contributed by atoms with Crippen LogP contribution in [0.25, 0.3) is 0 Å². The SMILES string of the molecule is COc1ccc(CN2Cc3ccc(C(=O)[O-])cc3C2)c(OC)c1.[Li+]. The van der Waals surface area contributed by atoms with Gasteiger partial charge in [0.1, 0.15) is 11.5 Å². The Bertz CT molecular complexity index is 748. The number of hydrogen-bond acceptors (Lipinski definition) is 5. The second kappa shape index (κ2) is 7.76. The van der Waals surface area contributed by atoms with Gasteiger partial charge in [0.2, 0.25) is 0 Å². The van der Waals surface area contributed by atoms with Gasteiger partial charge in [0.25, 0.3) is 0 Å². The molecule has 6 heteroatoms. The molecule has 1 heterocycles. The van der Waals surface area contributed by atoms with Gasteiger partial charge in [0, 0.05) is 31.3 Å². The number of ether oxygens (including phenoxy) is 2. The zero-order chi connectivity index (χ0) is 16.4. The van der Waals surface area contributed by atoms with Gasteiger partial charge in [0.15, 0.2) is 0 Å². The molecular formula is C18H18LiNO4. The van der Waals surface area contributed by atoms with E-state index in [-0.39, 0.29) is 24.4 Å². The first-order valence-electron chi connectivity index (χ1n) is 7.37. The molecule has 0 spiro atoms. The number of carbonyl (C=O) groups is 1. The number of aromatic carboxylic acids is 1. The fraction of sp³-hybridized carbons (Fsp3) is 0.278. The number of carboxylic acid groups (broad SMARTS) is 1. The van der Waals surface area contributed by atoms with Crippen molar-refractivity contribution in [2.75, 3.05) is 14.2 Å². The van der Waals surface area contributed by atoms with Crippen LogP contribution in [0.15, 0.2) is 36.4 Å². The van der Waals surface area contributed by atoms with Gasteiger partial charge in [-0.05, 0) is 28.8 Å². The van der Waals surface area contributed by atoms with Gasteiger partial charge in [-0.2, -0.15) is 0 Å². The fourth-order valence-corrected chi connectivity index (χ4v) is 2.93. The number of rotatable bonds is 5. The normalized spacial score (nSPS) is 13.1. The predicted molar refractivity (Wildman–Crippen MR) is 83.3 cm³/mol. The van der Waals surface area contributed by atoms with E-state index in [1.807, 2.05) is 24.3 Å². The molecule has 0 atom stereocenters. The third-order valence-electron chi connectivity index (χ3n) is 4.12. The van der Waals surface area contributed by atoms with E-state index in [2.05, 4.69) is 4.90 Å². The van der Waals surface area contributed by atoms with E-state index in [1.165, 1.54) is 0 Å². The number of benzene rings is 2. The summed E-state index contributed by atoms with van der Waals surface area (Å²) in [6.45, 7) is 2.23. The Kier molecular flexibility index (Phi) is 5.95. The van der Waals surface area contributed by atoms with Crippen LogP contribution >= 0.6 is 0 Å². The van der Waals surface area contributed by atoms with E-state index in [9.17, 15) is 9.90 Å². The molecule has 5 nitrogen and oxygen atoms in total. The molecule has 0 fully saturated rings. The van der Waals surface area contributed by atoms with Crippen LogP contribution < -0.4 is 33.4 Å². The standard InChI is InChI=1S/C18H19NO4.Li/c1-22-16-6-5-14(17(8-16)23-2)10-19-9-13-4-3-12(18(20)21)7-15(13)11-19;/h3-8H,9-11H2,1-2H3,(H,20,21);/q;+1/p-1. The summed E-state index contributed by atoms with van der Waals surface area (Å²) >= 11 is 0. The molecule has 0 bridgehead atoms. The molecule has 0 unspecified atom stereocenters. The smallest absolute Gasteiger partial charge is 0.545 e. The Hall–Kier alpha value is -1.93. The van der Waals surface area contributed by atoms with Crippen LogP contribution in [0, 0.1) is 0 Å². The first-order chi connectivity index (χ1) is 11.1. The molecule has 0 saturated carbocycles. The van der Waals surface area contributed by atoms with Gasteiger partial charge in [-0.1, -0.05) is 18.2 Å². The van der Waals surface area contributed by atoms with Gasteiger partial charge >= 0.3 is 18.9 Å². The average Bonchev–Trinajstić information content (AvgIpc) is 2.96. The largest absolute Gasteiger partial charge is 1.00 e. The van der Waals surface area contributed by atoms with Crippen molar-refractivity contribution in [2.45, 2.75) is 19.6 Å². The summed E-state index contributed by atoms with van der Waals surface area (Å²) in [6, 6.07) is 10.9. The number of methoxy groups -OCH3 is 2. The van der Waals surface area contributed by atoms with Crippen LogP contribution in [0.3, 0.4) is 0 Å². The molecule has 2 aromatic carbocycles. The maximum absolute atomic E-state index is 11.0. The van der Waals surface area contributed by atoms with Crippen molar-refractivity contribution in [3.8, 4) is 11.5 Å². The summed E-state index contributed by atoms with van der Waals surface area (Å²) in [4.78, 5) is 13.2. The zero-order valence-electron chi connectivity index (χ0n) is 14.2. The molecule has 0 N–H and O–H groups in total. The van der Waals surface area contributed by atoms with Crippen molar-refractivity contribution < 1.29 is 38.2 Å². The minimum absolute atomic E-state index is 0. The third-order valence-corrected chi connectivity index (χ3v) is 4.12. The number of carbonyl (C=O) groups excluding carboxylic acids is 1. The van der Waals surface area contributed by atoms with Crippen molar-refractivity contribution >= 4 is 5.97 Å². The topological polar surface area (TPSA) is 61.8 Å². The van der Waals surface area contributed by atoms with E-state index in [4.69, 9.17) is 9.47 Å². The number of fused-ring (bicyclic) bond motifs is 1. The fourth-order valence-electron chi connectivity index (χ4n) is 2.93. The van der Waals surface area contributed by atoms with Crippen LogP contribution in [0.1, 0.15) is 27.0 Å². The van der Waals surface area contributed by atoms with Gasteiger partial charge in [0.05, 0.1) is 20.2 Å². The molecule has 24 heavy (non-hydrogen) atoms. The molecule has 1 aliphatic heterocycles. The Morgan fingerprint density at radius 1 is 1.08 bits per heavy atom. The second-order valence-corrected chi connectivity index (χ2v) is 5.59. The monoisotopic (exact) mass is 319 g/mol. The van der Waals surface area contributed by atoms with Crippen molar-refractivity contribution in [1.82, 2.24) is 4.90 Å². The molecule has 120 valence electrons. The van der Waals surface area contributed by atoms with E-state index in [1.54, 1.807) is 26.4 Å². The molecule has 0 radical (unpaired) electrons. The minimum Gasteiger partial charge on any atom is -0.545 e. The van der Waals surface area contributed by atoms with Crippen molar-refractivity contribution in [2.24, 2.45) is 0 Å². The van der Waals surface area contributed by atoms with Crippen LogP contribution in [0.5, 0.6) is 11.5 Å². The number of nitrogens with zero attached hydrogens (tertiary/aromatic N) is 1. The summed E-state index contributed by atoms with van der Waals surface area (Å²) in [5, 5.41) is 11.0. The molecule has 1 aliphatic rings. The second-order valence-electron chi connectivity index (χ2n) is 5.59. The van der Waals surface area contributed by atoms with Crippen LogP contribution in [-0.2, 0) is 19.6 Å². The Morgan fingerprint density at radius 2 is 1.83 bits per heavy atom. The Morgan fingerprint density at radius 3 is 2.50 bits per heavy atom. The Labute approximate surface area is 153 Å². The van der Waals surface area contributed by atoms with E-state index < -0.39 is 5.97 Å². The van der Waals surface area contributed by atoms with Crippen LogP contribution in [0.4, 0.5) is 0 Å². The van der Waals surface area contributed by atoms with E-state index in [0.717, 1.165) is 41.3 Å². The van der Waals surface area contributed by atoms with Gasteiger partial charge in [-0.15, -0.1) is 0 Å². The summed E-state index contributed by atoms with van der Waals surface area (Å²) < 4.78 is 10.6. The minimum atomic E-state index is -1.14. The molecular weight excluding hydrogens is 301 g/mol. The summed E-state index contributed by atoms with van der Waals surface area (Å²) in [6.07, 6.45) is 0. The molecule has 0 aromatic heterocycles. The van der Waals surface area contributed by atoms with Gasteiger partial charge in [-0.25, -0.2) is 0 Å². The molecule has 0 aliphatic carbocycles. The summed E-state index contributed by atoms with van der Waals surface area (Å²) in [5.41, 5.74) is 3.50. The first-order valence-corrected chi connectivity index (χ1v) is 7.37. The molecule has 0 saturated heterocycles. The van der Waals surface area contributed by atoms with Crippen molar-refractivity contribution in [1.29, 1.82) is 0 Å². The number of carboxylic acids is 1. The molecule has 3 rings (SSSR count). The zero-order valence-corrected chi connectivity index (χ0v) is 14.2. The Balaban J connectivity index is 0.00000208. The maximum Gasteiger partial charge on any atom is 1.00 e. The summed E-state index contributed by atoms with van der Waals surface area (Å²) in [7, 11) is 3.27. The first kappa shape index (κ1) is 18.4. The third kappa shape index (κ3) is 3.76. The number of hydrogen-bond donors (Lipinski definition) is 0. The van der Waals surface area contributed by atoms with Crippen molar-refractivity contribution in [3.05, 3.63) is 58.7 Å². The molecule has 2 aromatic rings. The van der Waals surface area contributed by atoms with Crippen LogP contribution in [0.2, 0.25) is 0 Å². The van der Waals surface area contributed by atoms with Crippen molar-refractivity contribution in [3.63, 3.8) is 0 Å². The molecule has 0 amide bonds. The van der Waals surface area contributed by atoms with Gasteiger partial charge < -0.3 is 19.4 Å². The van der Waals surface area contributed by atoms with E-state index >= 15 is 0 Å². The predicted octanol–water partition coefficient (Wildman–Crippen LogP) is -1.41. The summed E-state index contributed by atoms with van der Waals surface area (Å²) in [5.74, 6) is 0.410. The van der Waals surface area contributed by atoms with Crippen LogP contribution in [-0.4, -0.2) is 25.1 Å². The maximum atomic E-state index is 11.0. The van der Waals surface area contributed by atoms with Gasteiger partial charge in [-0.3, -0.25) is 4.90 Å². The average molecular weight is 319 g/mol. The van der Waals surface area contributed by atoms with E-state index in [0.29, 0.717) is 6.54 Å². The quantitative estimate of drug-likeness (QED) is 0.634.